The Morgan fingerprint density at radius 3 is 2.50 bits per heavy atom. The Morgan fingerprint density at radius 2 is 1.75 bits per heavy atom. The maximum Gasteiger partial charge on any atom is 0.165 e. The molecule has 0 unspecified atom stereocenters. The molecule has 140 valence electrons. The monoisotopic (exact) mass is 433 g/mol. The molecule has 0 fully saturated rings. The number of aromatic nitrogens is 1. The molecule has 28 heavy (non-hydrogen) atoms. The van der Waals surface area contributed by atoms with Gasteiger partial charge in [-0.2, -0.15) is 0 Å². The summed E-state index contributed by atoms with van der Waals surface area (Å²) in [6.07, 6.45) is 0.473. The average molecular weight is 434 g/mol. The molecule has 3 aromatic rings. The molecule has 0 amide bonds. The highest BCUT2D eigenvalue weighted by Gasteiger charge is 2.39. The smallest absolute Gasteiger partial charge is 0.165 e. The molecule has 1 aromatic heterocycles. The lowest BCUT2D eigenvalue weighted by atomic mass is 9.73. The van der Waals surface area contributed by atoms with Crippen LogP contribution < -0.4 is 0 Å². The van der Waals surface area contributed by atoms with Gasteiger partial charge in [0.1, 0.15) is 6.10 Å². The fraction of sp³-hybridized carbons (Fsp3) is 0.250. The van der Waals surface area contributed by atoms with E-state index in [0.29, 0.717) is 12.0 Å². The van der Waals surface area contributed by atoms with Crippen LogP contribution in [0.3, 0.4) is 0 Å². The van der Waals surface area contributed by atoms with Crippen molar-refractivity contribution >= 4 is 21.7 Å². The number of aliphatic hydroxyl groups excluding tert-OH is 1. The van der Waals surface area contributed by atoms with Gasteiger partial charge in [-0.15, -0.1) is 0 Å². The SMILES string of the molecule is CC1(C)CC(=O)c2c(nc3c(c2-c2ccc(Br)cc2)[C@@H](O)c2ccccc2-3)C1. The minimum atomic E-state index is -0.773. The van der Waals surface area contributed by atoms with Gasteiger partial charge in [-0.05, 0) is 35.1 Å². The Hall–Kier alpha value is -2.30. The van der Waals surface area contributed by atoms with Gasteiger partial charge in [-0.3, -0.25) is 9.78 Å². The van der Waals surface area contributed by atoms with E-state index in [4.69, 9.17) is 4.98 Å². The van der Waals surface area contributed by atoms with Crippen molar-refractivity contribution in [2.45, 2.75) is 32.8 Å². The van der Waals surface area contributed by atoms with Crippen LogP contribution in [0.5, 0.6) is 0 Å². The summed E-state index contributed by atoms with van der Waals surface area (Å²) in [7, 11) is 0. The highest BCUT2D eigenvalue weighted by Crippen LogP contribution is 2.50. The van der Waals surface area contributed by atoms with Crippen molar-refractivity contribution < 1.29 is 9.90 Å². The van der Waals surface area contributed by atoms with E-state index in [9.17, 15) is 9.90 Å². The number of hydrogen-bond acceptors (Lipinski definition) is 3. The highest BCUT2D eigenvalue weighted by atomic mass is 79.9. The van der Waals surface area contributed by atoms with Gasteiger partial charge in [0.05, 0.1) is 11.4 Å². The van der Waals surface area contributed by atoms with E-state index in [0.717, 1.165) is 50.1 Å². The second-order valence-corrected chi connectivity index (χ2v) is 9.42. The number of Topliss-reactive ketones (excluding diaryl/α,β-unsaturated/α-hetero) is 1. The van der Waals surface area contributed by atoms with E-state index >= 15 is 0 Å². The molecular weight excluding hydrogens is 414 g/mol. The van der Waals surface area contributed by atoms with Gasteiger partial charge in [-0.25, -0.2) is 0 Å². The number of fused-ring (bicyclic) bond motifs is 4. The third-order valence-electron chi connectivity index (χ3n) is 5.79. The summed E-state index contributed by atoms with van der Waals surface area (Å²) in [4.78, 5) is 18.2. The summed E-state index contributed by atoms with van der Waals surface area (Å²) < 4.78 is 0.979. The average Bonchev–Trinajstić information content (AvgIpc) is 2.93. The van der Waals surface area contributed by atoms with Crippen molar-refractivity contribution in [3.8, 4) is 22.4 Å². The summed E-state index contributed by atoms with van der Waals surface area (Å²) in [6.45, 7) is 4.23. The number of hydrogen-bond donors (Lipinski definition) is 1. The van der Waals surface area contributed by atoms with E-state index in [1.165, 1.54) is 0 Å². The van der Waals surface area contributed by atoms with Crippen molar-refractivity contribution in [3.63, 3.8) is 0 Å². The first-order chi connectivity index (χ1) is 13.4. The Morgan fingerprint density at radius 1 is 1.04 bits per heavy atom. The van der Waals surface area contributed by atoms with Crippen LogP contribution in [0.25, 0.3) is 22.4 Å². The maximum absolute atomic E-state index is 13.2. The fourth-order valence-corrected chi connectivity index (χ4v) is 4.87. The van der Waals surface area contributed by atoms with Gasteiger partial charge >= 0.3 is 0 Å². The lowest BCUT2D eigenvalue weighted by molar-refractivity contribution is 0.0911. The molecule has 1 heterocycles. The van der Waals surface area contributed by atoms with Gasteiger partial charge in [0.25, 0.3) is 0 Å². The van der Waals surface area contributed by atoms with Crippen molar-refractivity contribution in [3.05, 3.63) is 75.4 Å². The van der Waals surface area contributed by atoms with E-state index in [1.54, 1.807) is 0 Å². The summed E-state index contributed by atoms with van der Waals surface area (Å²) in [5, 5.41) is 11.2. The van der Waals surface area contributed by atoms with Crippen molar-refractivity contribution in [2.24, 2.45) is 5.41 Å². The highest BCUT2D eigenvalue weighted by molar-refractivity contribution is 9.10. The fourth-order valence-electron chi connectivity index (χ4n) is 4.61. The van der Waals surface area contributed by atoms with Crippen LogP contribution in [0.1, 0.15) is 53.6 Å². The van der Waals surface area contributed by atoms with Gasteiger partial charge < -0.3 is 5.11 Å². The van der Waals surface area contributed by atoms with Gasteiger partial charge in [0.15, 0.2) is 5.78 Å². The lowest BCUT2D eigenvalue weighted by Crippen LogP contribution is -2.29. The number of rotatable bonds is 1. The van der Waals surface area contributed by atoms with Crippen LogP contribution in [0.2, 0.25) is 0 Å². The zero-order valence-corrected chi connectivity index (χ0v) is 17.4. The number of carbonyl (C=O) groups excluding carboxylic acids is 1. The van der Waals surface area contributed by atoms with Gasteiger partial charge in [-0.1, -0.05) is 66.2 Å². The Balaban J connectivity index is 1.88. The number of aliphatic hydroxyl groups is 1. The minimum Gasteiger partial charge on any atom is -0.384 e. The first-order valence-corrected chi connectivity index (χ1v) is 10.3. The maximum atomic E-state index is 13.2. The first kappa shape index (κ1) is 17.8. The summed E-state index contributed by atoms with van der Waals surface area (Å²) >= 11 is 3.49. The molecule has 0 bridgehead atoms. The van der Waals surface area contributed by atoms with Crippen LogP contribution in [-0.2, 0) is 6.42 Å². The summed E-state index contributed by atoms with van der Waals surface area (Å²) in [5.74, 6) is 0.114. The molecule has 1 atom stereocenters. The third kappa shape index (κ3) is 2.59. The predicted molar refractivity (Wildman–Crippen MR) is 113 cm³/mol. The standard InChI is InChI=1S/C24H20BrNO2/c1-24(2)11-17-20(18(27)12-24)19(13-7-9-14(25)10-8-13)21-22(26-17)15-5-3-4-6-16(15)23(21)28/h3-10,23,28H,11-12H2,1-2H3/t23-/m0/s1. The molecule has 2 aliphatic rings. The van der Waals surface area contributed by atoms with Gasteiger partial charge in [0.2, 0.25) is 0 Å². The van der Waals surface area contributed by atoms with E-state index in [1.807, 2.05) is 48.5 Å². The first-order valence-electron chi connectivity index (χ1n) is 9.49. The number of halogens is 1. The Kier molecular flexibility index (Phi) is 3.87. The van der Waals surface area contributed by atoms with E-state index < -0.39 is 6.10 Å². The zero-order valence-electron chi connectivity index (χ0n) is 15.8. The summed E-state index contributed by atoms with van der Waals surface area (Å²) in [6, 6.07) is 15.8. The number of carbonyl (C=O) groups is 1. The lowest BCUT2D eigenvalue weighted by Gasteiger charge is -2.32. The number of pyridine rings is 1. The Labute approximate surface area is 172 Å². The topological polar surface area (TPSA) is 50.2 Å². The van der Waals surface area contributed by atoms with Crippen LogP contribution in [0, 0.1) is 5.41 Å². The minimum absolute atomic E-state index is 0.112. The number of benzene rings is 2. The molecule has 0 spiro atoms. The van der Waals surface area contributed by atoms with E-state index in [-0.39, 0.29) is 11.2 Å². The van der Waals surface area contributed by atoms with Crippen molar-refractivity contribution in [2.75, 3.05) is 0 Å². The largest absolute Gasteiger partial charge is 0.384 e. The molecule has 0 aliphatic heterocycles. The van der Waals surface area contributed by atoms with Crippen molar-refractivity contribution in [1.29, 1.82) is 0 Å². The Bertz CT molecular complexity index is 1130. The zero-order chi connectivity index (χ0) is 19.6. The predicted octanol–water partition coefficient (Wildman–Crippen LogP) is 5.73. The molecule has 3 nitrogen and oxygen atoms in total. The van der Waals surface area contributed by atoms with Crippen molar-refractivity contribution in [1.82, 2.24) is 4.98 Å². The molecular formula is C24H20BrNO2. The molecule has 2 aliphatic carbocycles. The normalized spacial score (nSPS) is 19.1. The summed E-state index contributed by atoms with van der Waals surface area (Å²) in [5.41, 5.74) is 6.60. The van der Waals surface area contributed by atoms with Crippen LogP contribution in [0.15, 0.2) is 53.0 Å². The molecule has 5 rings (SSSR count). The molecule has 0 radical (unpaired) electrons. The quantitative estimate of drug-likeness (QED) is 0.532. The molecule has 1 N–H and O–H groups in total. The van der Waals surface area contributed by atoms with Crippen LogP contribution >= 0.6 is 15.9 Å². The van der Waals surface area contributed by atoms with Gasteiger partial charge in [0, 0.05) is 33.1 Å². The molecule has 2 aromatic carbocycles. The molecule has 0 saturated carbocycles. The molecule has 0 saturated heterocycles. The number of ketones is 1. The molecule has 4 heteroatoms. The van der Waals surface area contributed by atoms with Crippen LogP contribution in [0.4, 0.5) is 0 Å². The van der Waals surface area contributed by atoms with E-state index in [2.05, 4.69) is 29.8 Å². The number of nitrogens with zero attached hydrogens (tertiary/aromatic N) is 1. The third-order valence-corrected chi connectivity index (χ3v) is 6.32. The second-order valence-electron chi connectivity index (χ2n) is 8.51. The van der Waals surface area contributed by atoms with Crippen LogP contribution in [-0.4, -0.2) is 15.9 Å². The second kappa shape index (κ2) is 6.10.